The zero-order valence-electron chi connectivity index (χ0n) is 10.9. The summed E-state index contributed by atoms with van der Waals surface area (Å²) >= 11 is 0. The third-order valence-electron chi connectivity index (χ3n) is 2.42. The first-order chi connectivity index (χ1) is 8.52. The minimum Gasteiger partial charge on any atom is -0.493 e. The van der Waals surface area contributed by atoms with E-state index in [1.165, 1.54) is 14.2 Å². The predicted octanol–water partition coefficient (Wildman–Crippen LogP) is 2.25. The average molecular weight is 273 g/mol. The van der Waals surface area contributed by atoms with Gasteiger partial charge < -0.3 is 9.47 Å². The first-order valence-electron chi connectivity index (χ1n) is 5.75. The van der Waals surface area contributed by atoms with E-state index in [0.29, 0.717) is 23.6 Å². The topological polar surface area (TPSA) is 64.6 Å². The molecule has 1 aromatic carbocycles. The van der Waals surface area contributed by atoms with Gasteiger partial charge in [0.25, 0.3) is 0 Å². The van der Waals surface area contributed by atoms with Crippen LogP contribution in [0.15, 0.2) is 18.2 Å². The number of ether oxygens (including phenoxy) is 2. The summed E-state index contributed by atoms with van der Waals surface area (Å²) in [7, 11) is -0.250. The van der Waals surface area contributed by atoms with Crippen molar-refractivity contribution < 1.29 is 17.9 Å². The first kappa shape index (κ1) is 14.6. The summed E-state index contributed by atoms with van der Waals surface area (Å²) in [5.41, 5.74) is 0.476. The summed E-state index contributed by atoms with van der Waals surface area (Å²) in [5.74, 6) is 1.18. The van der Waals surface area contributed by atoms with Crippen LogP contribution in [-0.4, -0.2) is 28.4 Å². The molecule has 0 heterocycles. The maximum absolute atomic E-state index is 11.7. The number of rotatable bonds is 7. The summed E-state index contributed by atoms with van der Waals surface area (Å²) in [4.78, 5) is 0. The quantitative estimate of drug-likeness (QED) is 0.827. The van der Waals surface area contributed by atoms with Crippen LogP contribution in [0.4, 0.5) is 5.69 Å². The lowest BCUT2D eigenvalue weighted by atomic mass is 10.3. The van der Waals surface area contributed by atoms with Gasteiger partial charge in [0.05, 0.1) is 25.7 Å². The molecule has 0 fully saturated rings. The second kappa shape index (κ2) is 6.49. The van der Waals surface area contributed by atoms with Crippen molar-refractivity contribution in [3.63, 3.8) is 0 Å². The fraction of sp³-hybridized carbons (Fsp3) is 0.500. The number of hydrogen-bond donors (Lipinski definition) is 1. The van der Waals surface area contributed by atoms with Crippen LogP contribution in [0.5, 0.6) is 11.5 Å². The molecule has 0 aromatic heterocycles. The van der Waals surface area contributed by atoms with Crippen LogP contribution < -0.4 is 14.2 Å². The normalized spacial score (nSPS) is 11.1. The van der Waals surface area contributed by atoms with Crippen molar-refractivity contribution in [2.24, 2.45) is 0 Å². The van der Waals surface area contributed by atoms with E-state index in [9.17, 15) is 8.42 Å². The van der Waals surface area contributed by atoms with Crippen molar-refractivity contribution in [2.45, 2.75) is 19.8 Å². The number of nitrogens with one attached hydrogen (secondary N) is 1. The van der Waals surface area contributed by atoms with Crippen molar-refractivity contribution >= 4 is 15.7 Å². The van der Waals surface area contributed by atoms with E-state index in [1.807, 2.05) is 6.92 Å². The third-order valence-corrected chi connectivity index (χ3v) is 3.80. The molecule has 0 saturated carbocycles. The van der Waals surface area contributed by atoms with Crippen LogP contribution in [0.1, 0.15) is 19.8 Å². The second-order valence-electron chi connectivity index (χ2n) is 3.84. The molecule has 5 nitrogen and oxygen atoms in total. The van der Waals surface area contributed by atoms with Crippen LogP contribution in [0.2, 0.25) is 0 Å². The van der Waals surface area contributed by atoms with E-state index in [0.717, 1.165) is 6.42 Å². The van der Waals surface area contributed by atoms with Gasteiger partial charge in [0.2, 0.25) is 10.0 Å². The minimum absolute atomic E-state index is 0.123. The third kappa shape index (κ3) is 4.10. The van der Waals surface area contributed by atoms with Gasteiger partial charge in [-0.05, 0) is 18.6 Å². The van der Waals surface area contributed by atoms with Crippen molar-refractivity contribution in [1.82, 2.24) is 0 Å². The Balaban J connectivity index is 2.85. The lowest BCUT2D eigenvalue weighted by Gasteiger charge is -2.11. The molecule has 0 amide bonds. The summed E-state index contributed by atoms with van der Waals surface area (Å²) in [6, 6.07) is 4.91. The van der Waals surface area contributed by atoms with Gasteiger partial charge in [0, 0.05) is 6.07 Å². The highest BCUT2D eigenvalue weighted by Crippen LogP contribution is 2.30. The maximum atomic E-state index is 11.7. The summed E-state index contributed by atoms with van der Waals surface area (Å²) < 4.78 is 36.2. The van der Waals surface area contributed by atoms with Gasteiger partial charge in [-0.25, -0.2) is 8.42 Å². The molecule has 1 N–H and O–H groups in total. The van der Waals surface area contributed by atoms with Gasteiger partial charge in [0.1, 0.15) is 0 Å². The maximum Gasteiger partial charge on any atom is 0.232 e. The SMILES string of the molecule is CCCCS(=O)(=O)Nc1ccc(OC)c(OC)c1. The monoisotopic (exact) mass is 273 g/mol. The standard InChI is InChI=1S/C12H19NO4S/c1-4-5-8-18(14,15)13-10-6-7-11(16-2)12(9-10)17-3/h6-7,9,13H,4-5,8H2,1-3H3. The molecule has 0 spiro atoms. The fourth-order valence-corrected chi connectivity index (χ4v) is 2.72. The molecule has 6 heteroatoms. The fourth-order valence-electron chi connectivity index (χ4n) is 1.46. The zero-order chi connectivity index (χ0) is 13.6. The summed E-state index contributed by atoms with van der Waals surface area (Å²) in [6.07, 6.45) is 1.48. The van der Waals surface area contributed by atoms with Crippen LogP contribution in [0, 0.1) is 0 Å². The smallest absolute Gasteiger partial charge is 0.232 e. The number of hydrogen-bond acceptors (Lipinski definition) is 4. The van der Waals surface area contributed by atoms with Crippen LogP contribution >= 0.6 is 0 Å². The minimum atomic E-state index is -3.29. The molecule has 0 unspecified atom stereocenters. The molecule has 102 valence electrons. The molecule has 0 aliphatic rings. The highest BCUT2D eigenvalue weighted by molar-refractivity contribution is 7.92. The van der Waals surface area contributed by atoms with Gasteiger partial charge in [-0.2, -0.15) is 0 Å². The van der Waals surface area contributed by atoms with Crippen molar-refractivity contribution in [3.05, 3.63) is 18.2 Å². The molecule has 0 radical (unpaired) electrons. The summed E-state index contributed by atoms with van der Waals surface area (Å²) in [6.45, 7) is 1.95. The molecule has 1 aromatic rings. The van der Waals surface area contributed by atoms with E-state index >= 15 is 0 Å². The van der Waals surface area contributed by atoms with E-state index in [2.05, 4.69) is 4.72 Å². The largest absolute Gasteiger partial charge is 0.493 e. The van der Waals surface area contributed by atoms with E-state index in [-0.39, 0.29) is 5.75 Å². The van der Waals surface area contributed by atoms with Gasteiger partial charge in [0.15, 0.2) is 11.5 Å². The Morgan fingerprint density at radius 3 is 2.39 bits per heavy atom. The van der Waals surface area contributed by atoms with Gasteiger partial charge in [-0.3, -0.25) is 4.72 Å². The van der Waals surface area contributed by atoms with Crippen molar-refractivity contribution in [3.8, 4) is 11.5 Å². The molecule has 0 saturated heterocycles. The number of anilines is 1. The molecular weight excluding hydrogens is 254 g/mol. The number of unbranched alkanes of at least 4 members (excludes halogenated alkanes) is 1. The Morgan fingerprint density at radius 2 is 1.83 bits per heavy atom. The average Bonchev–Trinajstić information content (AvgIpc) is 2.35. The van der Waals surface area contributed by atoms with Gasteiger partial charge in [-0.1, -0.05) is 13.3 Å². The molecular formula is C12H19NO4S. The summed E-state index contributed by atoms with van der Waals surface area (Å²) in [5, 5.41) is 0. The molecule has 0 bridgehead atoms. The number of sulfonamides is 1. The van der Waals surface area contributed by atoms with Crippen LogP contribution in [0.25, 0.3) is 0 Å². The van der Waals surface area contributed by atoms with E-state index in [1.54, 1.807) is 18.2 Å². The highest BCUT2D eigenvalue weighted by Gasteiger charge is 2.11. The van der Waals surface area contributed by atoms with Gasteiger partial charge >= 0.3 is 0 Å². The van der Waals surface area contributed by atoms with Gasteiger partial charge in [-0.15, -0.1) is 0 Å². The molecule has 0 aliphatic carbocycles. The molecule has 1 rings (SSSR count). The number of benzene rings is 1. The van der Waals surface area contributed by atoms with Crippen molar-refractivity contribution in [1.29, 1.82) is 0 Å². The Kier molecular flexibility index (Phi) is 5.27. The highest BCUT2D eigenvalue weighted by atomic mass is 32.2. The van der Waals surface area contributed by atoms with Crippen LogP contribution in [0.3, 0.4) is 0 Å². The molecule has 0 atom stereocenters. The zero-order valence-corrected chi connectivity index (χ0v) is 11.7. The Labute approximate surface area is 108 Å². The lowest BCUT2D eigenvalue weighted by Crippen LogP contribution is -2.16. The molecule has 0 aliphatic heterocycles. The molecule has 18 heavy (non-hydrogen) atoms. The van der Waals surface area contributed by atoms with E-state index in [4.69, 9.17) is 9.47 Å². The Bertz CT molecular complexity index is 485. The van der Waals surface area contributed by atoms with Crippen LogP contribution in [-0.2, 0) is 10.0 Å². The number of methoxy groups -OCH3 is 2. The predicted molar refractivity (Wildman–Crippen MR) is 71.9 cm³/mol. The lowest BCUT2D eigenvalue weighted by molar-refractivity contribution is 0.355. The van der Waals surface area contributed by atoms with Crippen molar-refractivity contribution in [2.75, 3.05) is 24.7 Å². The first-order valence-corrected chi connectivity index (χ1v) is 7.40. The Hall–Kier alpha value is -1.43. The Morgan fingerprint density at radius 1 is 1.17 bits per heavy atom. The second-order valence-corrected chi connectivity index (χ2v) is 5.69. The van der Waals surface area contributed by atoms with E-state index < -0.39 is 10.0 Å².